The van der Waals surface area contributed by atoms with Gasteiger partial charge in [0, 0.05) is 18.8 Å². The van der Waals surface area contributed by atoms with Crippen molar-refractivity contribution < 1.29 is 13.2 Å². The number of ether oxygens (including phenoxy) is 1. The average molecular weight is 270 g/mol. The molecule has 18 heavy (non-hydrogen) atoms. The topological polar surface area (TPSA) is 67.4 Å². The van der Waals surface area contributed by atoms with E-state index in [1.807, 2.05) is 18.2 Å². The van der Waals surface area contributed by atoms with Crippen LogP contribution in [-0.4, -0.2) is 40.1 Å². The number of para-hydroxylation sites is 1. The molecule has 0 aromatic heterocycles. The molecule has 0 saturated carbocycles. The quantitative estimate of drug-likeness (QED) is 0.864. The number of hydrogen-bond acceptors (Lipinski definition) is 5. The molecule has 100 valence electrons. The van der Waals surface area contributed by atoms with E-state index in [0.29, 0.717) is 13.0 Å². The molecular weight excluding hydrogens is 252 g/mol. The van der Waals surface area contributed by atoms with Gasteiger partial charge in [0.15, 0.2) is 0 Å². The Morgan fingerprint density at radius 1 is 1.44 bits per heavy atom. The van der Waals surface area contributed by atoms with Gasteiger partial charge in [0.2, 0.25) is 0 Å². The molecule has 0 spiro atoms. The van der Waals surface area contributed by atoms with Gasteiger partial charge in [-0.2, -0.15) is 0 Å². The van der Waals surface area contributed by atoms with Gasteiger partial charge in [-0.05, 0) is 18.6 Å². The highest BCUT2D eigenvalue weighted by atomic mass is 32.2. The second-order valence-electron chi connectivity index (χ2n) is 4.52. The Hall–Kier alpha value is -1.43. The predicted molar refractivity (Wildman–Crippen MR) is 73.2 cm³/mol. The van der Waals surface area contributed by atoms with Crippen molar-refractivity contribution in [2.45, 2.75) is 12.5 Å². The summed E-state index contributed by atoms with van der Waals surface area (Å²) < 4.78 is 27.6. The van der Waals surface area contributed by atoms with Crippen molar-refractivity contribution in [1.29, 1.82) is 0 Å². The summed E-state index contributed by atoms with van der Waals surface area (Å²) in [5.41, 5.74) is 1.90. The standard InChI is InChI=1S/C12H18N2O3S/c1-17-11-5-3-4-10-12(11)13-8-9(14-10)6-7-18(2,15)16/h3-5,9,13-14H,6-8H2,1-2H3. The van der Waals surface area contributed by atoms with Crippen LogP contribution in [0.15, 0.2) is 18.2 Å². The number of hydrogen-bond donors (Lipinski definition) is 2. The minimum absolute atomic E-state index is 0.124. The fourth-order valence-corrected chi connectivity index (χ4v) is 2.74. The molecule has 2 rings (SSSR count). The van der Waals surface area contributed by atoms with E-state index in [1.165, 1.54) is 6.26 Å². The molecule has 1 heterocycles. The van der Waals surface area contributed by atoms with Gasteiger partial charge in [0.1, 0.15) is 21.3 Å². The Bertz CT molecular complexity index is 528. The van der Waals surface area contributed by atoms with Crippen LogP contribution in [0.5, 0.6) is 5.75 Å². The van der Waals surface area contributed by atoms with E-state index in [-0.39, 0.29) is 11.8 Å². The second kappa shape index (κ2) is 5.06. The summed E-state index contributed by atoms with van der Waals surface area (Å²) in [6.45, 7) is 0.697. The maximum absolute atomic E-state index is 11.2. The van der Waals surface area contributed by atoms with Crippen LogP contribution in [0.3, 0.4) is 0 Å². The molecule has 5 nitrogen and oxygen atoms in total. The fraction of sp³-hybridized carbons (Fsp3) is 0.500. The zero-order valence-corrected chi connectivity index (χ0v) is 11.4. The van der Waals surface area contributed by atoms with Crippen molar-refractivity contribution in [3.05, 3.63) is 18.2 Å². The van der Waals surface area contributed by atoms with Crippen LogP contribution in [0.4, 0.5) is 11.4 Å². The summed E-state index contributed by atoms with van der Waals surface area (Å²) in [4.78, 5) is 0. The van der Waals surface area contributed by atoms with Crippen LogP contribution in [0, 0.1) is 0 Å². The third-order valence-electron chi connectivity index (χ3n) is 2.97. The first-order valence-electron chi connectivity index (χ1n) is 5.85. The summed E-state index contributed by atoms with van der Waals surface area (Å²) in [5.74, 6) is 0.993. The van der Waals surface area contributed by atoms with Gasteiger partial charge in [0.25, 0.3) is 0 Å². The Kier molecular flexibility index (Phi) is 3.65. The normalized spacial score (nSPS) is 18.4. The molecule has 2 N–H and O–H groups in total. The van der Waals surface area contributed by atoms with E-state index in [9.17, 15) is 8.42 Å². The summed E-state index contributed by atoms with van der Waals surface area (Å²) in [5, 5.41) is 6.62. The first-order chi connectivity index (χ1) is 8.49. The lowest BCUT2D eigenvalue weighted by Gasteiger charge is -2.29. The molecule has 1 aliphatic heterocycles. The van der Waals surface area contributed by atoms with Gasteiger partial charge in [-0.15, -0.1) is 0 Å². The Morgan fingerprint density at radius 2 is 2.22 bits per heavy atom. The van der Waals surface area contributed by atoms with E-state index in [2.05, 4.69) is 10.6 Å². The summed E-state index contributed by atoms with van der Waals surface area (Å²) in [6, 6.07) is 5.88. The predicted octanol–water partition coefficient (Wildman–Crippen LogP) is 1.34. The Labute approximate surface area is 107 Å². The van der Waals surface area contributed by atoms with Crippen LogP contribution in [0.1, 0.15) is 6.42 Å². The van der Waals surface area contributed by atoms with Gasteiger partial charge >= 0.3 is 0 Å². The van der Waals surface area contributed by atoms with E-state index < -0.39 is 9.84 Å². The van der Waals surface area contributed by atoms with Crippen molar-refractivity contribution in [2.24, 2.45) is 0 Å². The zero-order valence-electron chi connectivity index (χ0n) is 10.6. The van der Waals surface area contributed by atoms with Gasteiger partial charge in [-0.1, -0.05) is 6.07 Å². The number of benzene rings is 1. The first-order valence-corrected chi connectivity index (χ1v) is 7.91. The molecule has 0 saturated heterocycles. The van der Waals surface area contributed by atoms with E-state index in [4.69, 9.17) is 4.74 Å². The molecule has 0 aliphatic carbocycles. The van der Waals surface area contributed by atoms with E-state index >= 15 is 0 Å². The summed E-state index contributed by atoms with van der Waals surface area (Å²) in [7, 11) is -1.27. The van der Waals surface area contributed by atoms with Crippen molar-refractivity contribution in [1.82, 2.24) is 0 Å². The lowest BCUT2D eigenvalue weighted by atomic mass is 10.1. The zero-order chi connectivity index (χ0) is 13.2. The Morgan fingerprint density at radius 3 is 2.89 bits per heavy atom. The number of fused-ring (bicyclic) bond motifs is 1. The molecule has 1 aliphatic rings. The third kappa shape index (κ3) is 3.07. The molecule has 0 bridgehead atoms. The third-order valence-corrected chi connectivity index (χ3v) is 3.95. The molecule has 0 radical (unpaired) electrons. The average Bonchev–Trinajstić information content (AvgIpc) is 2.34. The van der Waals surface area contributed by atoms with Gasteiger partial charge in [-0.25, -0.2) is 8.42 Å². The molecule has 1 atom stereocenters. The van der Waals surface area contributed by atoms with Crippen molar-refractivity contribution >= 4 is 21.2 Å². The highest BCUT2D eigenvalue weighted by Gasteiger charge is 2.20. The largest absolute Gasteiger partial charge is 0.495 e. The smallest absolute Gasteiger partial charge is 0.147 e. The molecule has 6 heteroatoms. The highest BCUT2D eigenvalue weighted by Crippen LogP contribution is 2.35. The van der Waals surface area contributed by atoms with Gasteiger partial charge in [-0.3, -0.25) is 0 Å². The summed E-state index contributed by atoms with van der Waals surface area (Å²) in [6.07, 6.45) is 1.86. The van der Waals surface area contributed by atoms with Crippen LogP contribution in [-0.2, 0) is 9.84 Å². The second-order valence-corrected chi connectivity index (χ2v) is 6.78. The number of sulfone groups is 1. The van der Waals surface area contributed by atoms with Crippen molar-refractivity contribution in [3.8, 4) is 5.75 Å². The van der Waals surface area contributed by atoms with E-state index in [1.54, 1.807) is 7.11 Å². The maximum atomic E-state index is 11.2. The lowest BCUT2D eigenvalue weighted by molar-refractivity contribution is 0.416. The van der Waals surface area contributed by atoms with E-state index in [0.717, 1.165) is 17.1 Å². The number of methoxy groups -OCH3 is 1. The molecule has 1 aromatic carbocycles. The van der Waals surface area contributed by atoms with Crippen LogP contribution in [0.2, 0.25) is 0 Å². The van der Waals surface area contributed by atoms with Crippen molar-refractivity contribution in [2.75, 3.05) is 36.3 Å². The maximum Gasteiger partial charge on any atom is 0.147 e. The Balaban J connectivity index is 2.06. The minimum Gasteiger partial charge on any atom is -0.495 e. The van der Waals surface area contributed by atoms with Gasteiger partial charge < -0.3 is 15.4 Å². The number of anilines is 2. The highest BCUT2D eigenvalue weighted by molar-refractivity contribution is 7.90. The molecule has 0 fully saturated rings. The molecule has 0 amide bonds. The SMILES string of the molecule is COc1cccc2c1NCC(CCS(C)(=O)=O)N2. The monoisotopic (exact) mass is 270 g/mol. The first kappa shape index (κ1) is 13.0. The number of nitrogens with one attached hydrogen (secondary N) is 2. The summed E-state index contributed by atoms with van der Waals surface area (Å²) >= 11 is 0. The minimum atomic E-state index is -2.91. The van der Waals surface area contributed by atoms with Gasteiger partial charge in [0.05, 0.1) is 18.6 Å². The fourth-order valence-electron chi connectivity index (χ4n) is 2.03. The van der Waals surface area contributed by atoms with Crippen LogP contribution in [0.25, 0.3) is 0 Å². The molecular formula is C12H18N2O3S. The molecule has 1 unspecified atom stereocenters. The van der Waals surface area contributed by atoms with Crippen molar-refractivity contribution in [3.63, 3.8) is 0 Å². The van der Waals surface area contributed by atoms with Crippen LogP contribution >= 0.6 is 0 Å². The lowest BCUT2D eigenvalue weighted by Crippen LogP contribution is -2.34. The number of rotatable bonds is 4. The molecule has 1 aromatic rings. The van der Waals surface area contributed by atoms with Crippen LogP contribution < -0.4 is 15.4 Å².